The van der Waals surface area contributed by atoms with Crippen LogP contribution in [0.4, 0.5) is 0 Å². The second kappa shape index (κ2) is 5.84. The molecule has 0 unspecified atom stereocenters. The Hall–Kier alpha value is 0.0900. The van der Waals surface area contributed by atoms with Gasteiger partial charge in [0, 0.05) is 0 Å². The molecule has 0 nitrogen and oxygen atoms in total. The van der Waals surface area contributed by atoms with E-state index in [1.807, 2.05) is 19.1 Å². The Labute approximate surface area is 75.8 Å². The van der Waals surface area contributed by atoms with Crippen molar-refractivity contribution >= 4 is 34.8 Å². The first-order valence-electron chi connectivity index (χ1n) is 2.68. The van der Waals surface area contributed by atoms with E-state index in [2.05, 4.69) is 0 Å². The standard InChI is InChI=1S/C7H7Cl3/c1-2-3-4-5-6(8)7(9)10/h2-5H,1H3/b3-2+,5-4+. The minimum atomic E-state index is 0.0856. The van der Waals surface area contributed by atoms with Crippen LogP contribution in [0.5, 0.6) is 0 Å². The molecule has 10 heavy (non-hydrogen) atoms. The van der Waals surface area contributed by atoms with Crippen molar-refractivity contribution in [3.05, 3.63) is 33.8 Å². The van der Waals surface area contributed by atoms with Gasteiger partial charge in [-0.1, -0.05) is 53.0 Å². The van der Waals surface area contributed by atoms with Crippen LogP contribution in [0.15, 0.2) is 33.8 Å². The summed E-state index contributed by atoms with van der Waals surface area (Å²) in [4.78, 5) is 0. The second-order valence-electron chi connectivity index (χ2n) is 1.49. The van der Waals surface area contributed by atoms with Gasteiger partial charge in [-0.3, -0.25) is 0 Å². The first-order chi connectivity index (χ1) is 4.68. The third-order valence-electron chi connectivity index (χ3n) is 0.727. The molecule has 0 saturated heterocycles. The van der Waals surface area contributed by atoms with E-state index in [1.54, 1.807) is 12.2 Å². The quantitative estimate of drug-likeness (QED) is 0.587. The molecule has 0 aromatic carbocycles. The molecule has 0 aliphatic heterocycles. The van der Waals surface area contributed by atoms with Crippen LogP contribution < -0.4 is 0 Å². The van der Waals surface area contributed by atoms with E-state index in [4.69, 9.17) is 34.8 Å². The Bertz CT molecular complexity index is 173. The maximum Gasteiger partial charge on any atom is 0.125 e. The van der Waals surface area contributed by atoms with E-state index in [-0.39, 0.29) is 4.49 Å². The normalized spacial score (nSPS) is 11.2. The van der Waals surface area contributed by atoms with Crippen molar-refractivity contribution in [3.63, 3.8) is 0 Å². The van der Waals surface area contributed by atoms with Gasteiger partial charge in [-0.2, -0.15) is 0 Å². The van der Waals surface area contributed by atoms with Crippen LogP contribution in [0.2, 0.25) is 0 Å². The molecule has 0 aromatic heterocycles. The fourth-order valence-corrected chi connectivity index (χ4v) is 0.513. The van der Waals surface area contributed by atoms with Crippen molar-refractivity contribution in [3.8, 4) is 0 Å². The molecule has 0 aromatic rings. The first kappa shape index (κ1) is 10.1. The molecule has 0 aliphatic rings. The van der Waals surface area contributed by atoms with Crippen LogP contribution in [0.3, 0.4) is 0 Å². The summed E-state index contributed by atoms with van der Waals surface area (Å²) in [6, 6.07) is 0. The average molecular weight is 197 g/mol. The zero-order valence-corrected chi connectivity index (χ0v) is 7.71. The van der Waals surface area contributed by atoms with Crippen LogP contribution in [-0.4, -0.2) is 0 Å². The number of hydrogen-bond donors (Lipinski definition) is 0. The molecule has 0 atom stereocenters. The summed E-state index contributed by atoms with van der Waals surface area (Å²) >= 11 is 16.2. The van der Waals surface area contributed by atoms with Crippen LogP contribution in [0.25, 0.3) is 0 Å². The average Bonchev–Trinajstić information content (AvgIpc) is 1.88. The van der Waals surface area contributed by atoms with E-state index in [1.165, 1.54) is 0 Å². The number of hydrogen-bond acceptors (Lipinski definition) is 0. The monoisotopic (exact) mass is 196 g/mol. The maximum absolute atomic E-state index is 5.55. The van der Waals surface area contributed by atoms with Crippen molar-refractivity contribution in [2.24, 2.45) is 0 Å². The van der Waals surface area contributed by atoms with Crippen LogP contribution in [-0.2, 0) is 0 Å². The van der Waals surface area contributed by atoms with Crippen molar-refractivity contribution in [2.75, 3.05) is 0 Å². The van der Waals surface area contributed by atoms with Gasteiger partial charge in [0.05, 0.1) is 5.03 Å². The Kier molecular flexibility index (Phi) is 5.90. The Morgan fingerprint density at radius 1 is 1.10 bits per heavy atom. The Morgan fingerprint density at radius 3 is 2.10 bits per heavy atom. The summed E-state index contributed by atoms with van der Waals surface area (Å²) in [5.74, 6) is 0. The number of rotatable bonds is 2. The fourth-order valence-electron chi connectivity index (χ4n) is 0.314. The molecule has 0 saturated carbocycles. The van der Waals surface area contributed by atoms with Crippen molar-refractivity contribution in [2.45, 2.75) is 6.92 Å². The molecule has 0 radical (unpaired) electrons. The zero-order valence-electron chi connectivity index (χ0n) is 5.44. The summed E-state index contributed by atoms with van der Waals surface area (Å²) in [7, 11) is 0. The molecular weight excluding hydrogens is 190 g/mol. The molecule has 0 aliphatic carbocycles. The zero-order chi connectivity index (χ0) is 7.98. The van der Waals surface area contributed by atoms with Gasteiger partial charge >= 0.3 is 0 Å². The summed E-state index contributed by atoms with van der Waals surface area (Å²) in [5, 5.41) is 0.349. The third kappa shape index (κ3) is 4.92. The Balaban J connectivity index is 4.03. The molecule has 56 valence electrons. The lowest BCUT2D eigenvalue weighted by Gasteiger charge is -1.84. The molecule has 0 rings (SSSR count). The molecule has 0 bridgehead atoms. The predicted octanol–water partition coefficient (Wildman–Crippen LogP) is 4.00. The minimum absolute atomic E-state index is 0.0856. The molecule has 0 fully saturated rings. The smallest absolute Gasteiger partial charge is 0.0877 e. The highest BCUT2D eigenvalue weighted by molar-refractivity contribution is 6.59. The largest absolute Gasteiger partial charge is 0.125 e. The predicted molar refractivity (Wildman–Crippen MR) is 48.5 cm³/mol. The lowest BCUT2D eigenvalue weighted by Crippen LogP contribution is -1.61. The molecule has 0 amide bonds. The maximum atomic E-state index is 5.55. The second-order valence-corrected chi connectivity index (χ2v) is 2.85. The van der Waals surface area contributed by atoms with Gasteiger partial charge in [0.15, 0.2) is 0 Å². The van der Waals surface area contributed by atoms with Gasteiger partial charge in [0.2, 0.25) is 0 Å². The molecule has 0 N–H and O–H groups in total. The molecule has 0 heterocycles. The highest BCUT2D eigenvalue weighted by Gasteiger charge is 1.89. The Morgan fingerprint density at radius 2 is 1.70 bits per heavy atom. The van der Waals surface area contributed by atoms with E-state index < -0.39 is 0 Å². The SMILES string of the molecule is C/C=C/C=C/C(Cl)=C(Cl)Cl. The van der Waals surface area contributed by atoms with Gasteiger partial charge in [-0.05, 0) is 13.0 Å². The van der Waals surface area contributed by atoms with Crippen molar-refractivity contribution in [1.29, 1.82) is 0 Å². The summed E-state index contributed by atoms with van der Waals surface area (Å²) in [6.45, 7) is 1.91. The molecule has 3 heteroatoms. The van der Waals surface area contributed by atoms with Crippen molar-refractivity contribution < 1.29 is 0 Å². The third-order valence-corrected chi connectivity index (χ3v) is 1.64. The van der Waals surface area contributed by atoms with E-state index >= 15 is 0 Å². The van der Waals surface area contributed by atoms with Gasteiger partial charge in [0.25, 0.3) is 0 Å². The van der Waals surface area contributed by atoms with Gasteiger partial charge in [-0.15, -0.1) is 0 Å². The summed E-state index contributed by atoms with van der Waals surface area (Å²) in [5.41, 5.74) is 0. The van der Waals surface area contributed by atoms with Gasteiger partial charge < -0.3 is 0 Å². The van der Waals surface area contributed by atoms with E-state index in [9.17, 15) is 0 Å². The number of halogens is 3. The first-order valence-corrected chi connectivity index (χ1v) is 3.82. The topological polar surface area (TPSA) is 0 Å². The fraction of sp³-hybridized carbons (Fsp3) is 0.143. The highest BCUT2D eigenvalue weighted by Crippen LogP contribution is 2.18. The van der Waals surface area contributed by atoms with Gasteiger partial charge in [0.1, 0.15) is 4.49 Å². The highest BCUT2D eigenvalue weighted by atomic mass is 35.5. The van der Waals surface area contributed by atoms with E-state index in [0.29, 0.717) is 5.03 Å². The van der Waals surface area contributed by atoms with E-state index in [0.717, 1.165) is 0 Å². The lowest BCUT2D eigenvalue weighted by atomic mass is 10.4. The lowest BCUT2D eigenvalue weighted by molar-refractivity contribution is 1.72. The summed E-state index contributed by atoms with van der Waals surface area (Å²) < 4.78 is 0.0856. The van der Waals surface area contributed by atoms with Crippen molar-refractivity contribution in [1.82, 2.24) is 0 Å². The van der Waals surface area contributed by atoms with Crippen LogP contribution in [0.1, 0.15) is 6.92 Å². The van der Waals surface area contributed by atoms with Crippen LogP contribution >= 0.6 is 34.8 Å². The van der Waals surface area contributed by atoms with Gasteiger partial charge in [-0.25, -0.2) is 0 Å². The minimum Gasteiger partial charge on any atom is -0.0877 e. The number of allylic oxidation sites excluding steroid dienone is 5. The molecular formula is C7H7Cl3. The van der Waals surface area contributed by atoms with Crippen LogP contribution in [0, 0.1) is 0 Å². The summed E-state index contributed by atoms with van der Waals surface area (Å²) in [6.07, 6.45) is 7.09. The molecule has 0 spiro atoms.